The van der Waals surface area contributed by atoms with Crippen molar-refractivity contribution >= 4 is 17.5 Å². The van der Waals surface area contributed by atoms with E-state index >= 15 is 0 Å². The quantitative estimate of drug-likeness (QED) is 0.318. The summed E-state index contributed by atoms with van der Waals surface area (Å²) in [6, 6.07) is 15.7. The van der Waals surface area contributed by atoms with Gasteiger partial charge < -0.3 is 30.1 Å². The second-order valence-electron chi connectivity index (χ2n) is 11.2. The SMILES string of the molecule is CC(=O)NCCCCCC(=O)Nc1cccc(C2OC(CN3CCCCC3)C(C)C(c3ccc(CO)cc3)O2)c1. The number of hydrogen-bond acceptors (Lipinski definition) is 6. The molecule has 4 unspecified atom stereocenters. The Kier molecular flexibility index (Phi) is 11.5. The maximum atomic E-state index is 12.6. The molecule has 2 aromatic rings. The van der Waals surface area contributed by atoms with Crippen LogP contribution < -0.4 is 10.6 Å². The summed E-state index contributed by atoms with van der Waals surface area (Å²) in [5, 5.41) is 15.3. The van der Waals surface area contributed by atoms with Gasteiger partial charge in [-0.15, -0.1) is 0 Å². The van der Waals surface area contributed by atoms with Gasteiger partial charge in [0.2, 0.25) is 11.8 Å². The van der Waals surface area contributed by atoms with Crippen LogP contribution in [0.3, 0.4) is 0 Å². The summed E-state index contributed by atoms with van der Waals surface area (Å²) in [5.74, 6) is 0.0917. The summed E-state index contributed by atoms with van der Waals surface area (Å²) in [5.41, 5.74) is 3.55. The normalized spacial score (nSPS) is 23.5. The van der Waals surface area contributed by atoms with Crippen molar-refractivity contribution in [2.45, 2.75) is 83.9 Å². The molecule has 0 radical (unpaired) electrons. The second kappa shape index (κ2) is 15.3. The van der Waals surface area contributed by atoms with Gasteiger partial charge in [-0.05, 0) is 62.0 Å². The Morgan fingerprint density at radius 2 is 1.75 bits per heavy atom. The molecule has 0 spiro atoms. The van der Waals surface area contributed by atoms with Crippen LogP contribution in [-0.4, -0.2) is 54.1 Å². The predicted molar refractivity (Wildman–Crippen MR) is 155 cm³/mol. The molecule has 0 aromatic heterocycles. The molecule has 2 fully saturated rings. The lowest BCUT2D eigenvalue weighted by Crippen LogP contribution is -2.45. The van der Waals surface area contributed by atoms with E-state index in [1.54, 1.807) is 0 Å². The van der Waals surface area contributed by atoms with Crippen LogP contribution in [0, 0.1) is 5.92 Å². The van der Waals surface area contributed by atoms with Gasteiger partial charge in [0.1, 0.15) is 0 Å². The van der Waals surface area contributed by atoms with E-state index in [2.05, 4.69) is 22.5 Å². The van der Waals surface area contributed by atoms with E-state index in [0.29, 0.717) is 13.0 Å². The molecule has 2 amide bonds. The molecular formula is C32H45N3O5. The van der Waals surface area contributed by atoms with Gasteiger partial charge in [0.15, 0.2) is 6.29 Å². The number of aliphatic hydroxyl groups excluding tert-OH is 1. The van der Waals surface area contributed by atoms with Gasteiger partial charge in [-0.3, -0.25) is 9.59 Å². The standard InChI is InChI=1S/C32H45N3O5/c1-23-29(21-35-18-7-4-8-19-35)39-32(40-31(23)26-15-13-25(22-36)14-16-26)27-10-9-11-28(20-27)34-30(38)12-5-3-6-17-33-24(2)37/h9-11,13-16,20,23,29,31-32,36H,3-8,12,17-19,21-22H2,1-2H3,(H,33,37)(H,34,38). The van der Waals surface area contributed by atoms with Crippen molar-refractivity contribution in [1.29, 1.82) is 0 Å². The number of nitrogens with zero attached hydrogens (tertiary/aromatic N) is 1. The van der Waals surface area contributed by atoms with Crippen LogP contribution >= 0.6 is 0 Å². The molecule has 2 aliphatic heterocycles. The number of carbonyl (C=O) groups excluding carboxylic acids is 2. The molecule has 0 saturated carbocycles. The fourth-order valence-electron chi connectivity index (χ4n) is 5.56. The van der Waals surface area contributed by atoms with E-state index in [1.165, 1.54) is 26.2 Å². The highest BCUT2D eigenvalue weighted by atomic mass is 16.7. The maximum absolute atomic E-state index is 12.6. The predicted octanol–water partition coefficient (Wildman–Crippen LogP) is 5.09. The topological polar surface area (TPSA) is 100 Å². The summed E-state index contributed by atoms with van der Waals surface area (Å²) >= 11 is 0. The largest absolute Gasteiger partial charge is 0.392 e. The minimum atomic E-state index is -0.556. The first-order valence-electron chi connectivity index (χ1n) is 14.8. The van der Waals surface area contributed by atoms with Crippen molar-refractivity contribution in [2.24, 2.45) is 5.92 Å². The monoisotopic (exact) mass is 551 g/mol. The molecule has 8 nitrogen and oxygen atoms in total. The number of benzene rings is 2. The van der Waals surface area contributed by atoms with Crippen LogP contribution in [-0.2, 0) is 25.7 Å². The molecule has 8 heteroatoms. The van der Waals surface area contributed by atoms with Gasteiger partial charge >= 0.3 is 0 Å². The number of unbranched alkanes of at least 4 members (excludes halogenated alkanes) is 2. The number of rotatable bonds is 12. The summed E-state index contributed by atoms with van der Waals surface area (Å²) in [4.78, 5) is 26.0. The molecule has 2 aromatic carbocycles. The number of nitrogens with one attached hydrogen (secondary N) is 2. The lowest BCUT2D eigenvalue weighted by molar-refractivity contribution is -0.276. The Bertz CT molecular complexity index is 1090. The van der Waals surface area contributed by atoms with E-state index in [9.17, 15) is 14.7 Å². The summed E-state index contributed by atoms with van der Waals surface area (Å²) in [6.07, 6.45) is 5.97. The van der Waals surface area contributed by atoms with Crippen molar-refractivity contribution in [2.75, 3.05) is 31.5 Å². The van der Waals surface area contributed by atoms with Crippen molar-refractivity contribution < 1.29 is 24.2 Å². The fraction of sp³-hybridized carbons (Fsp3) is 0.562. The van der Waals surface area contributed by atoms with Gasteiger partial charge in [0.05, 0.1) is 18.8 Å². The number of amides is 2. The van der Waals surface area contributed by atoms with Gasteiger partial charge in [-0.25, -0.2) is 0 Å². The van der Waals surface area contributed by atoms with E-state index in [1.807, 2.05) is 48.5 Å². The Balaban J connectivity index is 1.42. The van der Waals surface area contributed by atoms with Crippen molar-refractivity contribution in [3.05, 3.63) is 65.2 Å². The van der Waals surface area contributed by atoms with Crippen molar-refractivity contribution in [3.8, 4) is 0 Å². The molecule has 3 N–H and O–H groups in total. The Hall–Kier alpha value is -2.78. The highest BCUT2D eigenvalue weighted by molar-refractivity contribution is 5.90. The van der Waals surface area contributed by atoms with Crippen LogP contribution in [0.2, 0.25) is 0 Å². The highest BCUT2D eigenvalue weighted by Gasteiger charge is 2.39. The van der Waals surface area contributed by atoms with Gasteiger partial charge in [0, 0.05) is 43.6 Å². The van der Waals surface area contributed by atoms with Crippen LogP contribution in [0.4, 0.5) is 5.69 Å². The molecule has 4 atom stereocenters. The third-order valence-corrected chi connectivity index (χ3v) is 7.91. The maximum Gasteiger partial charge on any atom is 0.224 e. The molecule has 0 aliphatic carbocycles. The zero-order valence-electron chi connectivity index (χ0n) is 23.9. The lowest BCUT2D eigenvalue weighted by Gasteiger charge is -2.43. The lowest BCUT2D eigenvalue weighted by atomic mass is 9.89. The van der Waals surface area contributed by atoms with E-state index in [0.717, 1.165) is 61.3 Å². The minimum absolute atomic E-state index is 0.00453. The molecule has 2 heterocycles. The van der Waals surface area contributed by atoms with Gasteiger partial charge in [-0.2, -0.15) is 0 Å². The Morgan fingerprint density at radius 3 is 2.48 bits per heavy atom. The summed E-state index contributed by atoms with van der Waals surface area (Å²) in [6.45, 7) is 7.43. The molecule has 40 heavy (non-hydrogen) atoms. The first-order chi connectivity index (χ1) is 19.4. The zero-order chi connectivity index (χ0) is 28.3. The number of ether oxygens (including phenoxy) is 2. The Labute approximate surface area is 238 Å². The number of aliphatic hydroxyl groups is 1. The summed E-state index contributed by atoms with van der Waals surface area (Å²) in [7, 11) is 0. The molecule has 2 aliphatic rings. The third-order valence-electron chi connectivity index (χ3n) is 7.91. The summed E-state index contributed by atoms with van der Waals surface area (Å²) < 4.78 is 13.2. The average molecular weight is 552 g/mol. The molecule has 0 bridgehead atoms. The third kappa shape index (κ3) is 8.86. The molecule has 2 saturated heterocycles. The van der Waals surface area contributed by atoms with Crippen LogP contribution in [0.1, 0.15) is 87.9 Å². The number of likely N-dealkylation sites (tertiary alicyclic amines) is 1. The molecular weight excluding hydrogens is 506 g/mol. The number of anilines is 1. The minimum Gasteiger partial charge on any atom is -0.392 e. The highest BCUT2D eigenvalue weighted by Crippen LogP contribution is 2.42. The van der Waals surface area contributed by atoms with E-state index < -0.39 is 6.29 Å². The van der Waals surface area contributed by atoms with Crippen LogP contribution in [0.15, 0.2) is 48.5 Å². The van der Waals surface area contributed by atoms with Crippen LogP contribution in [0.25, 0.3) is 0 Å². The number of hydrogen-bond donors (Lipinski definition) is 3. The number of piperidine rings is 1. The first kappa shape index (κ1) is 30.2. The second-order valence-corrected chi connectivity index (χ2v) is 11.2. The van der Waals surface area contributed by atoms with Crippen LogP contribution in [0.5, 0.6) is 0 Å². The van der Waals surface area contributed by atoms with E-state index in [-0.39, 0.29) is 36.5 Å². The zero-order valence-corrected chi connectivity index (χ0v) is 23.9. The van der Waals surface area contributed by atoms with Gasteiger partial charge in [0.25, 0.3) is 0 Å². The van der Waals surface area contributed by atoms with E-state index in [4.69, 9.17) is 9.47 Å². The van der Waals surface area contributed by atoms with Gasteiger partial charge in [-0.1, -0.05) is 56.2 Å². The smallest absolute Gasteiger partial charge is 0.224 e. The fourth-order valence-corrected chi connectivity index (χ4v) is 5.56. The first-order valence-corrected chi connectivity index (χ1v) is 14.8. The molecule has 218 valence electrons. The number of carbonyl (C=O) groups is 2. The van der Waals surface area contributed by atoms with Crippen molar-refractivity contribution in [1.82, 2.24) is 10.2 Å². The molecule has 4 rings (SSSR count). The van der Waals surface area contributed by atoms with Crippen molar-refractivity contribution in [3.63, 3.8) is 0 Å². The Morgan fingerprint density at radius 1 is 0.975 bits per heavy atom. The average Bonchev–Trinajstić information content (AvgIpc) is 2.96.